The smallest absolute Gasteiger partial charge is 0.321 e. The van der Waals surface area contributed by atoms with E-state index in [0.717, 1.165) is 38.0 Å². The molecule has 0 aliphatic carbocycles. The summed E-state index contributed by atoms with van der Waals surface area (Å²) in [5, 5.41) is 17.3. The summed E-state index contributed by atoms with van der Waals surface area (Å²) >= 11 is 6.00. The van der Waals surface area contributed by atoms with Crippen LogP contribution in [0.3, 0.4) is 0 Å². The molecule has 1 rings (SSSR count). The van der Waals surface area contributed by atoms with Gasteiger partial charge in [-0.2, -0.15) is 24.4 Å². The van der Waals surface area contributed by atoms with Gasteiger partial charge in [0.25, 0.3) is 0 Å². The molecule has 166 valence electrons. The predicted octanol–water partition coefficient (Wildman–Crippen LogP) is 2.25. The molecule has 0 aromatic heterocycles. The second-order valence-electron chi connectivity index (χ2n) is 8.29. The number of carboxylic acid groups (broad SMARTS) is 1. The van der Waals surface area contributed by atoms with Crippen LogP contribution in [0.25, 0.3) is 0 Å². The Morgan fingerprint density at radius 2 is 2.18 bits per heavy atom. The van der Waals surface area contributed by atoms with Gasteiger partial charge >= 0.3 is 5.97 Å². The van der Waals surface area contributed by atoms with Crippen molar-refractivity contribution in [2.45, 2.75) is 76.7 Å². The molecule has 6 nitrogen and oxygen atoms in total. The minimum atomic E-state index is -0.724. The lowest BCUT2D eigenvalue weighted by Crippen LogP contribution is -2.66. The summed E-state index contributed by atoms with van der Waals surface area (Å²) in [5.74, 6) is 1.18. The predicted molar refractivity (Wildman–Crippen MR) is 124 cm³/mol. The third-order valence-electron chi connectivity index (χ3n) is 6.09. The van der Waals surface area contributed by atoms with E-state index in [1.54, 1.807) is 11.8 Å². The largest absolute Gasteiger partial charge is 0.480 e. The summed E-state index contributed by atoms with van der Waals surface area (Å²) in [6.07, 6.45) is 6.97. The van der Waals surface area contributed by atoms with E-state index in [4.69, 9.17) is 5.73 Å². The molecule has 1 saturated heterocycles. The second kappa shape index (κ2) is 13.3. The normalized spacial score (nSPS) is 24.7. The zero-order valence-corrected chi connectivity index (χ0v) is 19.8. The fourth-order valence-electron chi connectivity index (χ4n) is 3.91. The molecular weight excluding hydrogens is 392 g/mol. The molecule has 2 unspecified atom stereocenters. The summed E-state index contributed by atoms with van der Waals surface area (Å²) < 4.78 is 0. The van der Waals surface area contributed by atoms with Gasteiger partial charge in [-0.3, -0.25) is 15.0 Å². The van der Waals surface area contributed by atoms with Gasteiger partial charge in [0.2, 0.25) is 0 Å². The van der Waals surface area contributed by atoms with Crippen LogP contribution in [0.2, 0.25) is 0 Å². The van der Waals surface area contributed by atoms with Crippen LogP contribution in [0.15, 0.2) is 0 Å². The molecule has 0 bridgehead atoms. The Kier molecular flexibility index (Phi) is 12.4. The lowest BCUT2D eigenvalue weighted by Gasteiger charge is -2.49. The number of nitrogens with two attached hydrogens (primary N) is 1. The van der Waals surface area contributed by atoms with Gasteiger partial charge in [-0.1, -0.05) is 20.3 Å². The molecular formula is C20H42N4O2S2. The van der Waals surface area contributed by atoms with Gasteiger partial charge in [0, 0.05) is 30.9 Å². The van der Waals surface area contributed by atoms with Crippen LogP contribution in [0.5, 0.6) is 0 Å². The van der Waals surface area contributed by atoms with Crippen LogP contribution in [-0.4, -0.2) is 77.2 Å². The van der Waals surface area contributed by atoms with Gasteiger partial charge in [-0.05, 0) is 57.1 Å². The first kappa shape index (κ1) is 26.0. The number of rotatable bonds is 14. The molecule has 1 aliphatic heterocycles. The Balaban J connectivity index is 3.09. The molecule has 8 heteroatoms. The fraction of sp³-hybridized carbons (Fsp3) is 0.950. The van der Waals surface area contributed by atoms with Gasteiger partial charge < -0.3 is 16.2 Å². The van der Waals surface area contributed by atoms with Gasteiger partial charge in [0.15, 0.2) is 0 Å². The van der Waals surface area contributed by atoms with Gasteiger partial charge in [-0.25, -0.2) is 0 Å². The van der Waals surface area contributed by atoms with E-state index in [1.807, 2.05) is 6.26 Å². The zero-order valence-electron chi connectivity index (χ0n) is 18.1. The average Bonchev–Trinajstić information content (AvgIpc) is 2.68. The number of nitrogens with one attached hydrogen (secondary N) is 2. The summed E-state index contributed by atoms with van der Waals surface area (Å²) in [7, 11) is 0. The van der Waals surface area contributed by atoms with Gasteiger partial charge in [-0.15, -0.1) is 0 Å². The van der Waals surface area contributed by atoms with E-state index in [2.05, 4.69) is 48.9 Å². The van der Waals surface area contributed by atoms with Crippen molar-refractivity contribution in [1.29, 1.82) is 0 Å². The summed E-state index contributed by atoms with van der Waals surface area (Å²) in [4.78, 5) is 14.5. The highest BCUT2D eigenvalue weighted by atomic mass is 32.2. The minimum Gasteiger partial charge on any atom is -0.480 e. The van der Waals surface area contributed by atoms with E-state index in [1.165, 1.54) is 0 Å². The van der Waals surface area contributed by atoms with E-state index in [9.17, 15) is 9.90 Å². The molecule has 0 aromatic carbocycles. The van der Waals surface area contributed by atoms with Crippen molar-refractivity contribution in [3.8, 4) is 0 Å². The van der Waals surface area contributed by atoms with Crippen molar-refractivity contribution in [3.63, 3.8) is 0 Å². The first-order chi connectivity index (χ1) is 13.3. The lowest BCUT2D eigenvalue weighted by molar-refractivity contribution is -0.148. The molecule has 0 amide bonds. The highest BCUT2D eigenvalue weighted by molar-refractivity contribution is 7.98. The number of aliphatic carboxylic acids is 1. The highest BCUT2D eigenvalue weighted by Crippen LogP contribution is 2.28. The quantitative estimate of drug-likeness (QED) is 0.268. The highest BCUT2D eigenvalue weighted by Gasteiger charge is 2.41. The topological polar surface area (TPSA) is 90.6 Å². The standard InChI is InChI=1S/C20H42N4O2S2/c1-5-15(2)17(22-12-16(21)14-27)13-24(18(19(25)26)8-11-28-4)20(3)9-6-7-10-23-20/h15-18,22-23,27H,5-14,21H2,1-4H3,(H,25,26)/t15?,16-,17-,18+,20?/m1/s1. The van der Waals surface area contributed by atoms with Crippen LogP contribution in [0.1, 0.15) is 52.9 Å². The first-order valence-corrected chi connectivity index (χ1v) is 12.6. The molecule has 0 saturated carbocycles. The summed E-state index contributed by atoms with van der Waals surface area (Å²) in [6, 6.07) is -0.305. The van der Waals surface area contributed by atoms with Gasteiger partial charge in [0.05, 0.1) is 5.66 Å². The Labute approximate surface area is 181 Å². The Bertz CT molecular complexity index is 450. The number of thiol groups is 1. The van der Waals surface area contributed by atoms with Crippen molar-refractivity contribution >= 4 is 30.4 Å². The average molecular weight is 435 g/mol. The van der Waals surface area contributed by atoms with Crippen molar-refractivity contribution in [2.24, 2.45) is 11.7 Å². The Morgan fingerprint density at radius 1 is 1.46 bits per heavy atom. The number of hydrogen-bond donors (Lipinski definition) is 5. The van der Waals surface area contributed by atoms with Crippen LogP contribution in [0.4, 0.5) is 0 Å². The van der Waals surface area contributed by atoms with Crippen molar-refractivity contribution in [2.75, 3.05) is 37.4 Å². The van der Waals surface area contributed by atoms with Crippen LogP contribution < -0.4 is 16.4 Å². The Hall–Kier alpha value is 0.0100. The molecule has 0 spiro atoms. The maximum Gasteiger partial charge on any atom is 0.321 e. The third kappa shape index (κ3) is 8.03. The molecule has 0 radical (unpaired) electrons. The summed E-state index contributed by atoms with van der Waals surface area (Å²) in [6.45, 7) is 8.92. The molecule has 1 aliphatic rings. The molecule has 1 heterocycles. The molecule has 5 atom stereocenters. The first-order valence-electron chi connectivity index (χ1n) is 10.6. The van der Waals surface area contributed by atoms with Crippen LogP contribution in [0, 0.1) is 5.92 Å². The number of hydrogen-bond acceptors (Lipinski definition) is 7. The van der Waals surface area contributed by atoms with Crippen LogP contribution in [-0.2, 0) is 4.79 Å². The molecule has 0 aromatic rings. The summed E-state index contributed by atoms with van der Waals surface area (Å²) in [5.41, 5.74) is 5.78. The number of piperidine rings is 1. The number of carbonyl (C=O) groups is 1. The zero-order chi connectivity index (χ0) is 21.2. The number of thioether (sulfide) groups is 1. The lowest BCUT2D eigenvalue weighted by atomic mass is 9.91. The maximum absolute atomic E-state index is 12.2. The van der Waals surface area contributed by atoms with E-state index in [0.29, 0.717) is 31.2 Å². The second-order valence-corrected chi connectivity index (χ2v) is 9.64. The number of nitrogens with zero attached hydrogens (tertiary/aromatic N) is 1. The van der Waals surface area contributed by atoms with Gasteiger partial charge in [0.1, 0.15) is 6.04 Å². The maximum atomic E-state index is 12.2. The monoisotopic (exact) mass is 434 g/mol. The SMILES string of the molecule is CCC(C)[C@@H](CN([C@@H](CCSC)C(=O)O)C1(C)CCCCN1)NC[C@@H](N)CS. The third-order valence-corrected chi connectivity index (χ3v) is 7.20. The van der Waals surface area contributed by atoms with Crippen LogP contribution >= 0.6 is 24.4 Å². The molecule has 1 fully saturated rings. The minimum absolute atomic E-state index is 0.00139. The van der Waals surface area contributed by atoms with Crippen molar-refractivity contribution in [1.82, 2.24) is 15.5 Å². The van der Waals surface area contributed by atoms with Crippen molar-refractivity contribution in [3.05, 3.63) is 0 Å². The molecule has 28 heavy (non-hydrogen) atoms. The molecule has 5 N–H and O–H groups in total. The van der Waals surface area contributed by atoms with E-state index in [-0.39, 0.29) is 17.7 Å². The van der Waals surface area contributed by atoms with Crippen molar-refractivity contribution < 1.29 is 9.90 Å². The fourth-order valence-corrected chi connectivity index (χ4v) is 4.50. The Morgan fingerprint density at radius 3 is 2.68 bits per heavy atom. The van der Waals surface area contributed by atoms with E-state index < -0.39 is 12.0 Å². The number of carboxylic acids is 1. The van der Waals surface area contributed by atoms with E-state index >= 15 is 0 Å².